The summed E-state index contributed by atoms with van der Waals surface area (Å²) in [6.07, 6.45) is 0. The molecule has 0 unspecified atom stereocenters. The van der Waals surface area contributed by atoms with Gasteiger partial charge in [0.15, 0.2) is 6.61 Å². The molecule has 1 N–H and O–H groups in total. The van der Waals surface area contributed by atoms with Crippen molar-refractivity contribution in [2.45, 2.75) is 13.8 Å². The molecule has 0 saturated heterocycles. The first-order chi connectivity index (χ1) is 10.9. The number of halogens is 2. The molecule has 0 heterocycles. The van der Waals surface area contributed by atoms with Crippen LogP contribution in [-0.4, -0.2) is 18.5 Å². The standard InChI is InChI=1S/C17H15Cl2NO3/c1-10-6-11(2)8-12(7-10)20-15(21)9-23-17(22)16-13(18)4-3-5-14(16)19/h3-8H,9H2,1-2H3,(H,20,21). The lowest BCUT2D eigenvalue weighted by atomic mass is 10.1. The zero-order valence-electron chi connectivity index (χ0n) is 12.7. The SMILES string of the molecule is Cc1cc(C)cc(NC(=O)COC(=O)c2c(Cl)cccc2Cl)c1. The van der Waals surface area contributed by atoms with E-state index in [2.05, 4.69) is 5.32 Å². The third-order valence-electron chi connectivity index (χ3n) is 3.01. The van der Waals surface area contributed by atoms with E-state index < -0.39 is 18.5 Å². The summed E-state index contributed by atoms with van der Waals surface area (Å²) in [6.45, 7) is 3.44. The number of rotatable bonds is 4. The van der Waals surface area contributed by atoms with E-state index in [-0.39, 0.29) is 15.6 Å². The highest BCUT2D eigenvalue weighted by molar-refractivity contribution is 6.39. The van der Waals surface area contributed by atoms with E-state index in [0.717, 1.165) is 11.1 Å². The molecule has 2 aromatic rings. The Labute approximate surface area is 144 Å². The normalized spacial score (nSPS) is 10.3. The highest BCUT2D eigenvalue weighted by atomic mass is 35.5. The van der Waals surface area contributed by atoms with Gasteiger partial charge in [0.25, 0.3) is 5.91 Å². The zero-order chi connectivity index (χ0) is 17.0. The van der Waals surface area contributed by atoms with Crippen LogP contribution in [0.2, 0.25) is 10.0 Å². The second-order valence-electron chi connectivity index (χ2n) is 5.10. The molecule has 0 radical (unpaired) electrons. The Kier molecular flexibility index (Phi) is 5.64. The Morgan fingerprint density at radius 2 is 1.61 bits per heavy atom. The molecule has 120 valence electrons. The van der Waals surface area contributed by atoms with Gasteiger partial charge in [-0.2, -0.15) is 0 Å². The second kappa shape index (κ2) is 7.49. The quantitative estimate of drug-likeness (QED) is 0.830. The fraction of sp³-hybridized carbons (Fsp3) is 0.176. The molecule has 0 bridgehead atoms. The Hall–Kier alpha value is -2.04. The number of hydrogen-bond acceptors (Lipinski definition) is 3. The summed E-state index contributed by atoms with van der Waals surface area (Å²) in [4.78, 5) is 23.9. The summed E-state index contributed by atoms with van der Waals surface area (Å²) in [5, 5.41) is 3.03. The largest absolute Gasteiger partial charge is 0.452 e. The first kappa shape index (κ1) is 17.3. The number of nitrogens with one attached hydrogen (secondary N) is 1. The van der Waals surface area contributed by atoms with Gasteiger partial charge in [0.1, 0.15) is 0 Å². The van der Waals surface area contributed by atoms with Gasteiger partial charge in [-0.25, -0.2) is 4.79 Å². The van der Waals surface area contributed by atoms with Gasteiger partial charge in [-0.3, -0.25) is 4.79 Å². The lowest BCUT2D eigenvalue weighted by Crippen LogP contribution is -2.21. The minimum absolute atomic E-state index is 0.0510. The number of ether oxygens (including phenoxy) is 1. The summed E-state index contributed by atoms with van der Waals surface area (Å²) in [5.74, 6) is -1.18. The number of amides is 1. The molecule has 1 amide bonds. The van der Waals surface area contributed by atoms with Crippen molar-refractivity contribution in [1.82, 2.24) is 0 Å². The van der Waals surface area contributed by atoms with Gasteiger partial charge in [0, 0.05) is 5.69 Å². The molecule has 6 heteroatoms. The summed E-state index contributed by atoms with van der Waals surface area (Å²) in [6, 6.07) is 10.3. The molecule has 0 aliphatic heterocycles. The minimum atomic E-state index is -0.740. The van der Waals surface area contributed by atoms with Gasteiger partial charge in [0.05, 0.1) is 15.6 Å². The number of carbonyl (C=O) groups is 2. The summed E-state index contributed by atoms with van der Waals surface area (Å²) in [5.41, 5.74) is 2.76. The highest BCUT2D eigenvalue weighted by Crippen LogP contribution is 2.24. The number of aryl methyl sites for hydroxylation is 2. The van der Waals surface area contributed by atoms with E-state index in [1.807, 2.05) is 32.0 Å². The number of carbonyl (C=O) groups excluding carboxylic acids is 2. The van der Waals surface area contributed by atoms with Crippen molar-refractivity contribution >= 4 is 40.8 Å². The van der Waals surface area contributed by atoms with Crippen LogP contribution < -0.4 is 5.32 Å². The van der Waals surface area contributed by atoms with Gasteiger partial charge in [-0.15, -0.1) is 0 Å². The molecule has 0 aliphatic carbocycles. The number of hydrogen-bond donors (Lipinski definition) is 1. The van der Waals surface area contributed by atoms with Crippen LogP contribution in [0.15, 0.2) is 36.4 Å². The fourth-order valence-corrected chi connectivity index (χ4v) is 2.69. The number of anilines is 1. The smallest absolute Gasteiger partial charge is 0.341 e. The molecular weight excluding hydrogens is 337 g/mol. The molecule has 0 aliphatic rings. The van der Waals surface area contributed by atoms with Gasteiger partial charge in [-0.1, -0.05) is 35.3 Å². The Bertz CT molecular complexity index is 719. The maximum absolute atomic E-state index is 12.0. The van der Waals surface area contributed by atoms with E-state index >= 15 is 0 Å². The van der Waals surface area contributed by atoms with Crippen LogP contribution in [-0.2, 0) is 9.53 Å². The van der Waals surface area contributed by atoms with Gasteiger partial charge in [0.2, 0.25) is 0 Å². The lowest BCUT2D eigenvalue weighted by molar-refractivity contribution is -0.119. The van der Waals surface area contributed by atoms with E-state index in [1.165, 1.54) is 12.1 Å². The Morgan fingerprint density at radius 3 is 2.17 bits per heavy atom. The van der Waals surface area contributed by atoms with Crippen molar-refractivity contribution in [2.75, 3.05) is 11.9 Å². The van der Waals surface area contributed by atoms with E-state index in [4.69, 9.17) is 27.9 Å². The van der Waals surface area contributed by atoms with Crippen LogP contribution in [0, 0.1) is 13.8 Å². The summed E-state index contributed by atoms with van der Waals surface area (Å²) >= 11 is 11.8. The summed E-state index contributed by atoms with van der Waals surface area (Å²) in [7, 11) is 0. The molecule has 2 aromatic carbocycles. The average Bonchev–Trinajstić information content (AvgIpc) is 2.43. The molecule has 0 atom stereocenters. The van der Waals surface area contributed by atoms with Crippen LogP contribution in [0.25, 0.3) is 0 Å². The van der Waals surface area contributed by atoms with Crippen LogP contribution >= 0.6 is 23.2 Å². The second-order valence-corrected chi connectivity index (χ2v) is 5.91. The first-order valence-corrected chi connectivity index (χ1v) is 7.61. The maximum Gasteiger partial charge on any atom is 0.341 e. The van der Waals surface area contributed by atoms with Crippen molar-refractivity contribution in [3.63, 3.8) is 0 Å². The van der Waals surface area contributed by atoms with Crippen LogP contribution in [0.5, 0.6) is 0 Å². The fourth-order valence-electron chi connectivity index (χ4n) is 2.14. The third-order valence-corrected chi connectivity index (χ3v) is 3.64. The zero-order valence-corrected chi connectivity index (χ0v) is 14.2. The van der Waals surface area contributed by atoms with Crippen LogP contribution in [0.3, 0.4) is 0 Å². The predicted octanol–water partition coefficient (Wildman–Crippen LogP) is 4.41. The van der Waals surface area contributed by atoms with Gasteiger partial charge in [-0.05, 0) is 49.2 Å². The van der Waals surface area contributed by atoms with Crippen LogP contribution in [0.1, 0.15) is 21.5 Å². The first-order valence-electron chi connectivity index (χ1n) is 6.86. The van der Waals surface area contributed by atoms with Gasteiger partial charge >= 0.3 is 5.97 Å². The molecule has 2 rings (SSSR count). The summed E-state index contributed by atoms with van der Waals surface area (Å²) < 4.78 is 4.96. The number of benzene rings is 2. The van der Waals surface area contributed by atoms with E-state index in [1.54, 1.807) is 6.07 Å². The van der Waals surface area contributed by atoms with Crippen molar-refractivity contribution in [2.24, 2.45) is 0 Å². The van der Waals surface area contributed by atoms with Crippen molar-refractivity contribution in [3.8, 4) is 0 Å². The molecule has 0 fully saturated rings. The molecule has 0 spiro atoms. The third kappa shape index (κ3) is 4.71. The van der Waals surface area contributed by atoms with Crippen LogP contribution in [0.4, 0.5) is 5.69 Å². The monoisotopic (exact) mass is 351 g/mol. The molecule has 0 aromatic heterocycles. The van der Waals surface area contributed by atoms with Gasteiger partial charge < -0.3 is 10.1 Å². The topological polar surface area (TPSA) is 55.4 Å². The van der Waals surface area contributed by atoms with E-state index in [9.17, 15) is 9.59 Å². The molecule has 0 saturated carbocycles. The molecule has 23 heavy (non-hydrogen) atoms. The Morgan fingerprint density at radius 1 is 1.04 bits per heavy atom. The van der Waals surface area contributed by atoms with E-state index in [0.29, 0.717) is 5.69 Å². The molecule has 4 nitrogen and oxygen atoms in total. The molecular formula is C17H15Cl2NO3. The Balaban J connectivity index is 1.98. The van der Waals surface area contributed by atoms with Crippen molar-refractivity contribution < 1.29 is 14.3 Å². The average molecular weight is 352 g/mol. The lowest BCUT2D eigenvalue weighted by Gasteiger charge is -2.09. The van der Waals surface area contributed by atoms with Crippen molar-refractivity contribution in [3.05, 3.63) is 63.1 Å². The number of esters is 1. The highest BCUT2D eigenvalue weighted by Gasteiger charge is 2.17. The van der Waals surface area contributed by atoms with Crippen molar-refractivity contribution in [1.29, 1.82) is 0 Å². The maximum atomic E-state index is 12.0. The minimum Gasteiger partial charge on any atom is -0.452 e. The predicted molar refractivity (Wildman–Crippen MR) is 91.3 cm³/mol.